The molecule has 0 saturated carbocycles. The molecule has 0 aliphatic carbocycles. The van der Waals surface area contributed by atoms with Crippen molar-refractivity contribution in [3.8, 4) is 11.5 Å². The molecule has 0 bridgehead atoms. The number of rotatable bonds is 5. The normalized spacial score (nSPS) is 10.8. The second-order valence-electron chi connectivity index (χ2n) is 5.76. The van der Waals surface area contributed by atoms with Crippen LogP contribution < -0.4 is 20.3 Å². The van der Waals surface area contributed by atoms with Crippen LogP contribution in [0.4, 0.5) is 5.69 Å². The van der Waals surface area contributed by atoms with E-state index in [1.807, 2.05) is 13.8 Å². The number of thiophene rings is 1. The van der Waals surface area contributed by atoms with Crippen molar-refractivity contribution in [2.45, 2.75) is 20.4 Å². The first-order valence-corrected chi connectivity index (χ1v) is 8.73. The fraction of sp³-hybridized carbons (Fsp3) is 0.278. The number of fused-ring (bicyclic) bond motifs is 1. The van der Waals surface area contributed by atoms with Gasteiger partial charge in [-0.05, 0) is 31.5 Å². The molecule has 2 heterocycles. The lowest BCUT2D eigenvalue weighted by molar-refractivity contribution is -0.116. The highest BCUT2D eigenvalue weighted by Gasteiger charge is 2.14. The minimum atomic E-state index is -0.329. The van der Waals surface area contributed by atoms with Crippen molar-refractivity contribution in [1.82, 2.24) is 9.55 Å². The second kappa shape index (κ2) is 7.17. The van der Waals surface area contributed by atoms with Gasteiger partial charge in [0.05, 0.1) is 25.9 Å². The summed E-state index contributed by atoms with van der Waals surface area (Å²) in [5.41, 5.74) is 1.26. The fourth-order valence-corrected chi connectivity index (χ4v) is 3.64. The van der Waals surface area contributed by atoms with Gasteiger partial charge in [-0.3, -0.25) is 14.2 Å². The average Bonchev–Trinajstić information content (AvgIpc) is 2.92. The van der Waals surface area contributed by atoms with Gasteiger partial charge < -0.3 is 14.8 Å². The van der Waals surface area contributed by atoms with Crippen LogP contribution in [0.2, 0.25) is 0 Å². The number of benzene rings is 1. The van der Waals surface area contributed by atoms with Crippen LogP contribution in [0.5, 0.6) is 11.5 Å². The number of methoxy groups -OCH3 is 2. The highest BCUT2D eigenvalue weighted by molar-refractivity contribution is 7.18. The van der Waals surface area contributed by atoms with Crippen molar-refractivity contribution in [3.05, 3.63) is 45.3 Å². The highest BCUT2D eigenvalue weighted by Crippen LogP contribution is 2.29. The number of ether oxygens (including phenoxy) is 2. The Morgan fingerprint density at radius 1 is 1.23 bits per heavy atom. The van der Waals surface area contributed by atoms with E-state index in [1.165, 1.54) is 29.3 Å². The molecule has 1 aromatic carbocycles. The number of hydrogen-bond acceptors (Lipinski definition) is 6. The molecule has 0 radical (unpaired) electrons. The van der Waals surface area contributed by atoms with Crippen LogP contribution in [0.1, 0.15) is 10.4 Å². The maximum Gasteiger partial charge on any atom is 0.262 e. The molecule has 0 atom stereocenters. The van der Waals surface area contributed by atoms with Gasteiger partial charge in [-0.25, -0.2) is 4.98 Å². The predicted octanol–water partition coefficient (Wildman–Crippen LogP) is 2.73. The highest BCUT2D eigenvalue weighted by atomic mass is 32.1. The van der Waals surface area contributed by atoms with E-state index in [2.05, 4.69) is 10.3 Å². The Morgan fingerprint density at radius 2 is 1.96 bits per heavy atom. The lowest BCUT2D eigenvalue weighted by Gasteiger charge is -2.11. The molecule has 3 aromatic rings. The van der Waals surface area contributed by atoms with Gasteiger partial charge in [0.2, 0.25) is 5.91 Å². The molecular weight excluding hydrogens is 354 g/mol. The molecule has 0 unspecified atom stereocenters. The van der Waals surface area contributed by atoms with Crippen LogP contribution >= 0.6 is 11.3 Å². The molecule has 7 nitrogen and oxygen atoms in total. The van der Waals surface area contributed by atoms with Crippen LogP contribution in [0.15, 0.2) is 29.3 Å². The first kappa shape index (κ1) is 17.9. The Bertz CT molecular complexity index is 1040. The Labute approximate surface area is 154 Å². The molecule has 0 saturated heterocycles. The van der Waals surface area contributed by atoms with Crippen LogP contribution in [0, 0.1) is 13.8 Å². The summed E-state index contributed by atoms with van der Waals surface area (Å²) in [6.45, 7) is 3.73. The zero-order chi connectivity index (χ0) is 18.8. The number of amides is 1. The third-order valence-corrected chi connectivity index (χ3v) is 5.25. The standard InChI is InChI=1S/C18H19N3O4S/c1-10-11(2)26-17-16(10)18(23)21(9-19-17)8-15(22)20-12-5-6-13(24-3)14(7-12)25-4/h5-7,9H,8H2,1-4H3,(H,20,22). The Hall–Kier alpha value is -2.87. The molecule has 0 spiro atoms. The summed E-state index contributed by atoms with van der Waals surface area (Å²) < 4.78 is 11.7. The maximum atomic E-state index is 12.6. The van der Waals surface area contributed by atoms with E-state index >= 15 is 0 Å². The van der Waals surface area contributed by atoms with Crippen molar-refractivity contribution in [3.63, 3.8) is 0 Å². The van der Waals surface area contributed by atoms with E-state index in [0.29, 0.717) is 27.4 Å². The summed E-state index contributed by atoms with van der Waals surface area (Å²) >= 11 is 1.48. The average molecular weight is 373 g/mol. The van der Waals surface area contributed by atoms with Crippen molar-refractivity contribution < 1.29 is 14.3 Å². The summed E-state index contributed by atoms with van der Waals surface area (Å²) in [5, 5.41) is 3.33. The van der Waals surface area contributed by atoms with Gasteiger partial charge in [-0.1, -0.05) is 0 Å². The number of anilines is 1. The van der Waals surface area contributed by atoms with Crippen LogP contribution in [0.25, 0.3) is 10.2 Å². The number of carbonyl (C=O) groups excluding carboxylic acids is 1. The van der Waals surface area contributed by atoms with Gasteiger partial charge >= 0.3 is 0 Å². The third kappa shape index (κ3) is 3.28. The van der Waals surface area contributed by atoms with E-state index < -0.39 is 0 Å². The van der Waals surface area contributed by atoms with Gasteiger partial charge in [0.15, 0.2) is 11.5 Å². The summed E-state index contributed by atoms with van der Waals surface area (Å²) in [6.07, 6.45) is 1.41. The molecule has 0 aliphatic rings. The molecule has 1 N–H and O–H groups in total. The molecule has 136 valence electrons. The Kier molecular flexibility index (Phi) is 4.94. The Morgan fingerprint density at radius 3 is 2.65 bits per heavy atom. The van der Waals surface area contributed by atoms with Crippen LogP contribution in [-0.2, 0) is 11.3 Å². The summed E-state index contributed by atoms with van der Waals surface area (Å²) in [7, 11) is 3.06. The van der Waals surface area contributed by atoms with E-state index in [0.717, 1.165) is 10.4 Å². The number of aromatic nitrogens is 2. The van der Waals surface area contributed by atoms with Gasteiger partial charge in [-0.15, -0.1) is 11.3 Å². The number of nitrogens with one attached hydrogen (secondary N) is 1. The molecule has 1 amide bonds. The minimum absolute atomic E-state index is 0.121. The summed E-state index contributed by atoms with van der Waals surface area (Å²) in [6, 6.07) is 5.06. The SMILES string of the molecule is COc1ccc(NC(=O)Cn2cnc3sc(C)c(C)c3c2=O)cc1OC. The Balaban J connectivity index is 1.82. The lowest BCUT2D eigenvalue weighted by atomic mass is 10.2. The van der Waals surface area contributed by atoms with E-state index in [4.69, 9.17) is 9.47 Å². The quantitative estimate of drug-likeness (QED) is 0.744. The smallest absolute Gasteiger partial charge is 0.262 e. The largest absolute Gasteiger partial charge is 0.493 e. The third-order valence-electron chi connectivity index (χ3n) is 4.14. The van der Waals surface area contributed by atoms with Gasteiger partial charge in [0.1, 0.15) is 11.4 Å². The first-order chi connectivity index (χ1) is 12.4. The molecular formula is C18H19N3O4S. The minimum Gasteiger partial charge on any atom is -0.493 e. The predicted molar refractivity (Wildman–Crippen MR) is 102 cm³/mol. The molecule has 8 heteroatoms. The fourth-order valence-electron chi connectivity index (χ4n) is 2.65. The molecule has 2 aromatic heterocycles. The molecule has 0 fully saturated rings. The summed E-state index contributed by atoms with van der Waals surface area (Å²) in [5.74, 6) is 0.750. The van der Waals surface area contributed by atoms with Crippen molar-refractivity contribution in [1.29, 1.82) is 0 Å². The molecule has 0 aliphatic heterocycles. The van der Waals surface area contributed by atoms with Crippen molar-refractivity contribution >= 4 is 33.1 Å². The number of aryl methyl sites for hydroxylation is 2. The van der Waals surface area contributed by atoms with Crippen molar-refractivity contribution in [2.24, 2.45) is 0 Å². The van der Waals surface area contributed by atoms with E-state index in [-0.39, 0.29) is 18.0 Å². The first-order valence-electron chi connectivity index (χ1n) is 7.91. The van der Waals surface area contributed by atoms with Crippen LogP contribution in [0.3, 0.4) is 0 Å². The lowest BCUT2D eigenvalue weighted by Crippen LogP contribution is -2.27. The summed E-state index contributed by atoms with van der Waals surface area (Å²) in [4.78, 5) is 31.0. The zero-order valence-electron chi connectivity index (χ0n) is 15.0. The molecule has 3 rings (SSSR count). The van der Waals surface area contributed by atoms with E-state index in [1.54, 1.807) is 25.3 Å². The maximum absolute atomic E-state index is 12.6. The van der Waals surface area contributed by atoms with Crippen molar-refractivity contribution in [2.75, 3.05) is 19.5 Å². The van der Waals surface area contributed by atoms with E-state index in [9.17, 15) is 9.59 Å². The van der Waals surface area contributed by atoms with Gasteiger partial charge in [0.25, 0.3) is 5.56 Å². The number of nitrogens with zero attached hydrogens (tertiary/aromatic N) is 2. The van der Waals surface area contributed by atoms with Crippen LogP contribution in [-0.4, -0.2) is 29.7 Å². The monoisotopic (exact) mass is 373 g/mol. The number of hydrogen-bond donors (Lipinski definition) is 1. The topological polar surface area (TPSA) is 82.5 Å². The number of carbonyl (C=O) groups is 1. The van der Waals surface area contributed by atoms with Gasteiger partial charge in [-0.2, -0.15) is 0 Å². The van der Waals surface area contributed by atoms with Gasteiger partial charge in [0, 0.05) is 16.6 Å². The molecule has 26 heavy (non-hydrogen) atoms. The second-order valence-corrected chi connectivity index (χ2v) is 6.96. The zero-order valence-corrected chi connectivity index (χ0v) is 15.8.